The molecule has 0 saturated carbocycles. The van der Waals surface area contributed by atoms with Crippen molar-refractivity contribution >= 4 is 32.9 Å². The summed E-state index contributed by atoms with van der Waals surface area (Å²) >= 11 is 1.26. The zero-order chi connectivity index (χ0) is 16.4. The van der Waals surface area contributed by atoms with Gasteiger partial charge in [-0.05, 0) is 49.9 Å². The molecule has 124 valence electrons. The maximum absolute atomic E-state index is 12.3. The highest BCUT2D eigenvalue weighted by atomic mass is 32.2. The van der Waals surface area contributed by atoms with Crippen LogP contribution in [0.2, 0.25) is 0 Å². The molecule has 5 nitrogen and oxygen atoms in total. The highest BCUT2D eigenvalue weighted by Gasteiger charge is 2.19. The second-order valence-electron chi connectivity index (χ2n) is 6.07. The van der Waals surface area contributed by atoms with Crippen LogP contribution in [-0.2, 0) is 10.0 Å². The Hall–Kier alpha value is -1.60. The molecular weight excluding hydrogens is 330 g/mol. The first kappa shape index (κ1) is 16.3. The molecule has 3 heterocycles. The van der Waals surface area contributed by atoms with E-state index in [2.05, 4.69) is 21.5 Å². The van der Waals surface area contributed by atoms with Crippen molar-refractivity contribution in [3.63, 3.8) is 0 Å². The van der Waals surface area contributed by atoms with Gasteiger partial charge < -0.3 is 4.90 Å². The SMILES string of the molecule is Cc1ccc(S(=O)(=O)Nc2ccc(N3CCCC(C)C3)nc2)s1. The van der Waals surface area contributed by atoms with Crippen LogP contribution in [0.1, 0.15) is 24.6 Å². The first-order valence-electron chi connectivity index (χ1n) is 7.74. The van der Waals surface area contributed by atoms with Gasteiger partial charge in [-0.2, -0.15) is 0 Å². The van der Waals surface area contributed by atoms with E-state index in [0.717, 1.165) is 23.8 Å². The Morgan fingerprint density at radius 1 is 1.30 bits per heavy atom. The number of aryl methyl sites for hydroxylation is 1. The van der Waals surface area contributed by atoms with E-state index in [4.69, 9.17) is 0 Å². The van der Waals surface area contributed by atoms with E-state index < -0.39 is 10.0 Å². The number of nitrogens with zero attached hydrogens (tertiary/aromatic N) is 2. The molecule has 1 aliphatic heterocycles. The van der Waals surface area contributed by atoms with Crippen LogP contribution < -0.4 is 9.62 Å². The molecule has 0 radical (unpaired) electrons. The summed E-state index contributed by atoms with van der Waals surface area (Å²) in [5.74, 6) is 1.58. The summed E-state index contributed by atoms with van der Waals surface area (Å²) in [7, 11) is -3.52. The number of pyridine rings is 1. The minimum Gasteiger partial charge on any atom is -0.356 e. The number of piperidine rings is 1. The molecule has 0 aromatic carbocycles. The quantitative estimate of drug-likeness (QED) is 0.916. The molecule has 3 rings (SSSR count). The van der Waals surface area contributed by atoms with Gasteiger partial charge in [-0.1, -0.05) is 6.92 Å². The number of anilines is 2. The Morgan fingerprint density at radius 3 is 2.74 bits per heavy atom. The van der Waals surface area contributed by atoms with Crippen molar-refractivity contribution in [2.24, 2.45) is 5.92 Å². The smallest absolute Gasteiger partial charge is 0.271 e. The van der Waals surface area contributed by atoms with Gasteiger partial charge in [0, 0.05) is 18.0 Å². The van der Waals surface area contributed by atoms with Crippen LogP contribution in [-0.4, -0.2) is 26.5 Å². The predicted molar refractivity (Wildman–Crippen MR) is 94.7 cm³/mol. The number of hydrogen-bond acceptors (Lipinski definition) is 5. The number of rotatable bonds is 4. The maximum atomic E-state index is 12.3. The molecule has 1 N–H and O–H groups in total. The van der Waals surface area contributed by atoms with Crippen LogP contribution >= 0.6 is 11.3 Å². The van der Waals surface area contributed by atoms with Gasteiger partial charge in [0.15, 0.2) is 0 Å². The van der Waals surface area contributed by atoms with Crippen LogP contribution in [0, 0.1) is 12.8 Å². The molecule has 2 aromatic rings. The Morgan fingerprint density at radius 2 is 2.13 bits per heavy atom. The Bertz CT molecular complexity index is 769. The third-order valence-corrected chi connectivity index (χ3v) is 6.84. The lowest BCUT2D eigenvalue weighted by Gasteiger charge is -2.31. The average Bonchev–Trinajstić information content (AvgIpc) is 2.95. The molecule has 0 bridgehead atoms. The third-order valence-electron chi connectivity index (χ3n) is 3.96. The van der Waals surface area contributed by atoms with Crippen LogP contribution in [0.5, 0.6) is 0 Å². The largest absolute Gasteiger partial charge is 0.356 e. The van der Waals surface area contributed by atoms with Gasteiger partial charge in [-0.15, -0.1) is 11.3 Å². The fraction of sp³-hybridized carbons (Fsp3) is 0.438. The van der Waals surface area contributed by atoms with Gasteiger partial charge in [-0.25, -0.2) is 13.4 Å². The fourth-order valence-corrected chi connectivity index (χ4v) is 5.12. The molecule has 0 spiro atoms. The van der Waals surface area contributed by atoms with Crippen molar-refractivity contribution in [1.82, 2.24) is 4.98 Å². The zero-order valence-corrected chi connectivity index (χ0v) is 15.0. The van der Waals surface area contributed by atoms with Gasteiger partial charge in [0.05, 0.1) is 11.9 Å². The van der Waals surface area contributed by atoms with Crippen molar-refractivity contribution < 1.29 is 8.42 Å². The van der Waals surface area contributed by atoms with Gasteiger partial charge in [-0.3, -0.25) is 4.72 Å². The second-order valence-corrected chi connectivity index (χ2v) is 9.27. The van der Waals surface area contributed by atoms with Crippen LogP contribution in [0.15, 0.2) is 34.7 Å². The number of hydrogen-bond donors (Lipinski definition) is 1. The van der Waals surface area contributed by atoms with E-state index in [9.17, 15) is 8.42 Å². The maximum Gasteiger partial charge on any atom is 0.271 e. The van der Waals surface area contributed by atoms with Crippen molar-refractivity contribution in [3.8, 4) is 0 Å². The molecule has 1 fully saturated rings. The van der Waals surface area contributed by atoms with Crippen LogP contribution in [0.25, 0.3) is 0 Å². The van der Waals surface area contributed by atoms with E-state index in [1.54, 1.807) is 24.4 Å². The molecule has 1 aliphatic rings. The molecule has 23 heavy (non-hydrogen) atoms. The molecule has 0 aliphatic carbocycles. The van der Waals surface area contributed by atoms with E-state index in [1.165, 1.54) is 24.2 Å². The summed E-state index contributed by atoms with van der Waals surface area (Å²) in [5.41, 5.74) is 0.491. The first-order chi connectivity index (χ1) is 10.9. The summed E-state index contributed by atoms with van der Waals surface area (Å²) < 4.78 is 27.5. The lowest BCUT2D eigenvalue weighted by molar-refractivity contribution is 0.444. The average molecular weight is 351 g/mol. The van der Waals surface area contributed by atoms with E-state index in [0.29, 0.717) is 15.8 Å². The minimum atomic E-state index is -3.52. The molecule has 1 atom stereocenters. The molecule has 2 aromatic heterocycles. The van der Waals surface area contributed by atoms with E-state index in [-0.39, 0.29) is 0 Å². The molecule has 0 amide bonds. The van der Waals surface area contributed by atoms with Crippen LogP contribution in [0.3, 0.4) is 0 Å². The number of thiophene rings is 1. The summed E-state index contributed by atoms with van der Waals surface area (Å²) in [4.78, 5) is 7.65. The monoisotopic (exact) mass is 351 g/mol. The van der Waals surface area contributed by atoms with Gasteiger partial charge in [0.1, 0.15) is 10.0 Å². The van der Waals surface area contributed by atoms with Gasteiger partial charge in [0.25, 0.3) is 10.0 Å². The Kier molecular flexibility index (Phi) is 4.59. The van der Waals surface area contributed by atoms with Gasteiger partial charge in [0.2, 0.25) is 0 Å². The van der Waals surface area contributed by atoms with Crippen molar-refractivity contribution in [2.75, 3.05) is 22.7 Å². The lowest BCUT2D eigenvalue weighted by Crippen LogP contribution is -2.34. The first-order valence-corrected chi connectivity index (χ1v) is 10.0. The van der Waals surface area contributed by atoms with Gasteiger partial charge >= 0.3 is 0 Å². The highest BCUT2D eigenvalue weighted by molar-refractivity contribution is 7.94. The Balaban J connectivity index is 1.72. The predicted octanol–water partition coefficient (Wildman–Crippen LogP) is 3.49. The fourth-order valence-electron chi connectivity index (χ4n) is 2.79. The Labute approximate surface area is 141 Å². The van der Waals surface area contributed by atoms with E-state index >= 15 is 0 Å². The number of sulfonamides is 1. The summed E-state index contributed by atoms with van der Waals surface area (Å²) in [5, 5.41) is 0. The summed E-state index contributed by atoms with van der Waals surface area (Å²) in [6.07, 6.45) is 4.02. The highest BCUT2D eigenvalue weighted by Crippen LogP contribution is 2.25. The number of aromatic nitrogens is 1. The van der Waals surface area contributed by atoms with E-state index in [1.807, 2.05) is 13.0 Å². The molecule has 7 heteroatoms. The zero-order valence-electron chi connectivity index (χ0n) is 13.3. The molecular formula is C16H21N3O2S2. The van der Waals surface area contributed by atoms with Crippen molar-refractivity contribution in [2.45, 2.75) is 30.9 Å². The lowest BCUT2D eigenvalue weighted by atomic mass is 10.0. The summed E-state index contributed by atoms with van der Waals surface area (Å²) in [6.45, 7) is 6.15. The van der Waals surface area contributed by atoms with Crippen molar-refractivity contribution in [3.05, 3.63) is 35.3 Å². The molecule has 1 unspecified atom stereocenters. The van der Waals surface area contributed by atoms with Crippen molar-refractivity contribution in [1.29, 1.82) is 0 Å². The normalized spacial score (nSPS) is 18.9. The van der Waals surface area contributed by atoms with Crippen LogP contribution in [0.4, 0.5) is 11.5 Å². The number of nitrogens with one attached hydrogen (secondary N) is 1. The molecule has 1 saturated heterocycles. The topological polar surface area (TPSA) is 62.3 Å². The minimum absolute atomic E-state index is 0.323. The second kappa shape index (κ2) is 6.49. The summed E-state index contributed by atoms with van der Waals surface area (Å²) in [6, 6.07) is 7.09. The standard InChI is InChI=1S/C16H21N3O2S2/c1-12-4-3-9-19(11-12)15-7-6-14(10-17-15)18-23(20,21)16-8-5-13(2)22-16/h5-8,10,12,18H,3-4,9,11H2,1-2H3. The third kappa shape index (κ3) is 3.84.